The number of benzene rings is 1. The van der Waals surface area contributed by atoms with Crippen LogP contribution in [0.5, 0.6) is 0 Å². The summed E-state index contributed by atoms with van der Waals surface area (Å²) in [4.78, 5) is 13.8. The second kappa shape index (κ2) is 5.89. The first kappa shape index (κ1) is 13.6. The lowest BCUT2D eigenvalue weighted by Crippen LogP contribution is -2.30. The Bertz CT molecular complexity index is 576. The third-order valence-electron chi connectivity index (χ3n) is 2.89. The molecule has 4 nitrogen and oxygen atoms in total. The van der Waals surface area contributed by atoms with Crippen molar-refractivity contribution in [3.8, 4) is 11.3 Å². The molecule has 100 valence electrons. The highest BCUT2D eigenvalue weighted by atomic mass is 35.5. The van der Waals surface area contributed by atoms with Crippen LogP contribution in [-0.4, -0.2) is 29.1 Å². The highest BCUT2D eigenvalue weighted by Crippen LogP contribution is 2.23. The third kappa shape index (κ3) is 2.96. The molecule has 0 fully saturated rings. The number of nitrogens with zero attached hydrogens (tertiary/aromatic N) is 2. The van der Waals surface area contributed by atoms with Crippen molar-refractivity contribution in [2.24, 2.45) is 0 Å². The van der Waals surface area contributed by atoms with Gasteiger partial charge < -0.3 is 9.42 Å². The van der Waals surface area contributed by atoms with Gasteiger partial charge in [0.05, 0.1) is 0 Å². The molecule has 0 aliphatic rings. The Labute approximate surface area is 117 Å². The zero-order valence-corrected chi connectivity index (χ0v) is 11.6. The average Bonchev–Trinajstić information content (AvgIpc) is 2.89. The largest absolute Gasteiger partial charge is 0.355 e. The number of hydrogen-bond acceptors (Lipinski definition) is 3. The lowest BCUT2D eigenvalue weighted by atomic mass is 10.1. The Morgan fingerprint density at radius 3 is 2.68 bits per heavy atom. The van der Waals surface area contributed by atoms with Gasteiger partial charge in [-0.3, -0.25) is 4.79 Å². The molecule has 0 spiro atoms. The van der Waals surface area contributed by atoms with Crippen LogP contribution in [0.1, 0.15) is 24.3 Å². The molecule has 19 heavy (non-hydrogen) atoms. The maximum atomic E-state index is 12.1. The van der Waals surface area contributed by atoms with Gasteiger partial charge >= 0.3 is 0 Å². The maximum absolute atomic E-state index is 12.1. The van der Waals surface area contributed by atoms with Crippen LogP contribution in [0, 0.1) is 0 Å². The van der Waals surface area contributed by atoms with E-state index in [0.29, 0.717) is 29.6 Å². The van der Waals surface area contributed by atoms with Crippen LogP contribution >= 0.6 is 11.6 Å². The molecular formula is C14H15ClN2O2. The van der Waals surface area contributed by atoms with Gasteiger partial charge in [0.25, 0.3) is 5.91 Å². The number of halogens is 1. The first-order valence-electron chi connectivity index (χ1n) is 6.17. The molecule has 0 unspecified atom stereocenters. The van der Waals surface area contributed by atoms with E-state index in [1.807, 2.05) is 26.0 Å². The highest BCUT2D eigenvalue weighted by molar-refractivity contribution is 6.30. The molecule has 1 amide bonds. The molecule has 5 heteroatoms. The maximum Gasteiger partial charge on any atom is 0.276 e. The molecule has 1 heterocycles. The molecule has 0 aliphatic carbocycles. The SMILES string of the molecule is CCN(CC)C(=O)c1cc(-c2cccc(Cl)c2)on1. The molecule has 2 aromatic rings. The Balaban J connectivity index is 2.26. The lowest BCUT2D eigenvalue weighted by molar-refractivity contribution is 0.0762. The van der Waals surface area contributed by atoms with Crippen LogP contribution in [0.25, 0.3) is 11.3 Å². The second-order valence-corrected chi connectivity index (χ2v) is 4.50. The molecule has 2 rings (SSSR count). The number of hydrogen-bond donors (Lipinski definition) is 0. The minimum absolute atomic E-state index is 0.123. The Kier molecular flexibility index (Phi) is 4.22. The summed E-state index contributed by atoms with van der Waals surface area (Å²) in [5, 5.41) is 4.45. The van der Waals surface area contributed by atoms with Gasteiger partial charge in [-0.1, -0.05) is 28.9 Å². The summed E-state index contributed by atoms with van der Waals surface area (Å²) in [6.45, 7) is 5.15. The Hall–Kier alpha value is -1.81. The van der Waals surface area contributed by atoms with E-state index in [-0.39, 0.29) is 5.91 Å². The summed E-state index contributed by atoms with van der Waals surface area (Å²) in [5.74, 6) is 0.417. The van der Waals surface area contributed by atoms with Gasteiger partial charge in [-0.2, -0.15) is 0 Å². The highest BCUT2D eigenvalue weighted by Gasteiger charge is 2.18. The average molecular weight is 279 g/mol. The molecular weight excluding hydrogens is 264 g/mol. The molecule has 1 aromatic heterocycles. The quantitative estimate of drug-likeness (QED) is 0.860. The van der Waals surface area contributed by atoms with E-state index in [2.05, 4.69) is 5.16 Å². The number of carbonyl (C=O) groups is 1. The standard InChI is InChI=1S/C14H15ClN2O2/c1-3-17(4-2)14(18)12-9-13(19-16-12)10-6-5-7-11(15)8-10/h5-9H,3-4H2,1-2H3. The first-order valence-corrected chi connectivity index (χ1v) is 6.55. The summed E-state index contributed by atoms with van der Waals surface area (Å²) < 4.78 is 5.21. The molecule has 0 bridgehead atoms. The van der Waals surface area contributed by atoms with Gasteiger partial charge in [0.1, 0.15) is 0 Å². The van der Waals surface area contributed by atoms with Crippen molar-refractivity contribution >= 4 is 17.5 Å². The molecule has 0 atom stereocenters. The topological polar surface area (TPSA) is 46.3 Å². The van der Waals surface area contributed by atoms with E-state index < -0.39 is 0 Å². The summed E-state index contributed by atoms with van der Waals surface area (Å²) >= 11 is 5.92. The first-order chi connectivity index (χ1) is 9.15. The van der Waals surface area contributed by atoms with Crippen molar-refractivity contribution in [1.29, 1.82) is 0 Å². The van der Waals surface area contributed by atoms with E-state index in [9.17, 15) is 4.79 Å². The summed E-state index contributed by atoms with van der Waals surface area (Å²) in [6.07, 6.45) is 0. The van der Waals surface area contributed by atoms with Crippen LogP contribution in [-0.2, 0) is 0 Å². The fourth-order valence-corrected chi connectivity index (χ4v) is 2.02. The minimum Gasteiger partial charge on any atom is -0.355 e. The number of aromatic nitrogens is 1. The molecule has 1 aromatic carbocycles. The van der Waals surface area contributed by atoms with Crippen molar-refractivity contribution in [1.82, 2.24) is 10.1 Å². The van der Waals surface area contributed by atoms with E-state index in [0.717, 1.165) is 5.56 Å². The molecule has 0 saturated heterocycles. The zero-order chi connectivity index (χ0) is 13.8. The van der Waals surface area contributed by atoms with Gasteiger partial charge in [-0.25, -0.2) is 0 Å². The minimum atomic E-state index is -0.123. The van der Waals surface area contributed by atoms with Crippen LogP contribution in [0.4, 0.5) is 0 Å². The van der Waals surface area contributed by atoms with Gasteiger partial charge in [0.2, 0.25) is 0 Å². The number of rotatable bonds is 4. The van der Waals surface area contributed by atoms with Crippen LogP contribution in [0.3, 0.4) is 0 Å². The molecule has 0 radical (unpaired) electrons. The van der Waals surface area contributed by atoms with Gasteiger partial charge in [-0.15, -0.1) is 0 Å². The predicted molar refractivity (Wildman–Crippen MR) is 74.2 cm³/mol. The normalized spacial score (nSPS) is 10.5. The van der Waals surface area contributed by atoms with Crippen molar-refractivity contribution in [3.63, 3.8) is 0 Å². The molecule has 0 N–H and O–H groups in total. The van der Waals surface area contributed by atoms with E-state index >= 15 is 0 Å². The van der Waals surface area contributed by atoms with E-state index in [4.69, 9.17) is 16.1 Å². The smallest absolute Gasteiger partial charge is 0.276 e. The fourth-order valence-electron chi connectivity index (χ4n) is 1.83. The van der Waals surface area contributed by atoms with Gasteiger partial charge in [0, 0.05) is 29.7 Å². The Morgan fingerprint density at radius 2 is 2.05 bits per heavy atom. The Morgan fingerprint density at radius 1 is 1.32 bits per heavy atom. The summed E-state index contributed by atoms with van der Waals surface area (Å²) in [7, 11) is 0. The van der Waals surface area contributed by atoms with Crippen molar-refractivity contribution in [3.05, 3.63) is 41.0 Å². The van der Waals surface area contributed by atoms with Crippen LogP contribution in [0.2, 0.25) is 5.02 Å². The lowest BCUT2D eigenvalue weighted by Gasteiger charge is -2.16. The van der Waals surface area contributed by atoms with Gasteiger partial charge in [0.15, 0.2) is 11.5 Å². The van der Waals surface area contributed by atoms with Crippen LogP contribution < -0.4 is 0 Å². The van der Waals surface area contributed by atoms with Crippen molar-refractivity contribution < 1.29 is 9.32 Å². The van der Waals surface area contributed by atoms with E-state index in [1.54, 1.807) is 23.1 Å². The summed E-state index contributed by atoms with van der Waals surface area (Å²) in [6, 6.07) is 8.88. The molecule has 0 aliphatic heterocycles. The summed E-state index contributed by atoms with van der Waals surface area (Å²) in [5.41, 5.74) is 1.12. The van der Waals surface area contributed by atoms with Crippen molar-refractivity contribution in [2.45, 2.75) is 13.8 Å². The van der Waals surface area contributed by atoms with E-state index in [1.165, 1.54) is 0 Å². The van der Waals surface area contributed by atoms with Crippen molar-refractivity contribution in [2.75, 3.05) is 13.1 Å². The monoisotopic (exact) mass is 278 g/mol. The van der Waals surface area contributed by atoms with Crippen LogP contribution in [0.15, 0.2) is 34.9 Å². The fraction of sp³-hybridized carbons (Fsp3) is 0.286. The predicted octanol–water partition coefficient (Wildman–Crippen LogP) is 3.48. The third-order valence-corrected chi connectivity index (χ3v) is 3.12. The second-order valence-electron chi connectivity index (χ2n) is 4.06. The van der Waals surface area contributed by atoms with Gasteiger partial charge in [-0.05, 0) is 26.0 Å². The molecule has 0 saturated carbocycles. The number of amides is 1. The number of carbonyl (C=O) groups excluding carboxylic acids is 1. The zero-order valence-electron chi connectivity index (χ0n) is 10.9.